The first-order chi connectivity index (χ1) is 9.15. The highest BCUT2D eigenvalue weighted by atomic mass is 32.2. The van der Waals surface area contributed by atoms with Crippen molar-refractivity contribution in [2.24, 2.45) is 0 Å². The Morgan fingerprint density at radius 3 is 2.35 bits per heavy atom. The summed E-state index contributed by atoms with van der Waals surface area (Å²) in [6.07, 6.45) is 0.738. The molecule has 0 unspecified atom stereocenters. The number of carboxylic acid groups (broad SMARTS) is 1. The van der Waals surface area contributed by atoms with Crippen LogP contribution in [0.25, 0.3) is 0 Å². The minimum Gasteiger partial charge on any atom is -0.480 e. The van der Waals surface area contributed by atoms with E-state index in [0.29, 0.717) is 0 Å². The van der Waals surface area contributed by atoms with E-state index in [9.17, 15) is 22.8 Å². The van der Waals surface area contributed by atoms with Crippen molar-refractivity contribution >= 4 is 27.8 Å². The Bertz CT molecular complexity index is 460. The van der Waals surface area contributed by atoms with Crippen molar-refractivity contribution in [2.45, 2.75) is 18.9 Å². The lowest BCUT2D eigenvalue weighted by Gasteiger charge is -2.14. The molecular formula is C10H18N2O7S. The fourth-order valence-electron chi connectivity index (χ4n) is 1.18. The quantitative estimate of drug-likeness (QED) is 0.475. The van der Waals surface area contributed by atoms with Crippen LogP contribution in [0.4, 0.5) is 4.79 Å². The first kappa shape index (κ1) is 18.2. The largest absolute Gasteiger partial charge is 0.480 e. The number of sulfone groups is 1. The fourth-order valence-corrected chi connectivity index (χ4v) is 1.65. The zero-order valence-electron chi connectivity index (χ0n) is 11.2. The van der Waals surface area contributed by atoms with Gasteiger partial charge in [0.1, 0.15) is 15.9 Å². The summed E-state index contributed by atoms with van der Waals surface area (Å²) in [5.41, 5.74) is 0. The molecule has 0 heterocycles. The maximum atomic E-state index is 11.4. The average molecular weight is 310 g/mol. The van der Waals surface area contributed by atoms with Crippen molar-refractivity contribution in [2.75, 3.05) is 25.7 Å². The van der Waals surface area contributed by atoms with E-state index in [1.165, 1.54) is 7.11 Å². The van der Waals surface area contributed by atoms with Crippen molar-refractivity contribution in [1.29, 1.82) is 0 Å². The molecule has 0 aromatic heterocycles. The number of carboxylic acids is 1. The van der Waals surface area contributed by atoms with Crippen LogP contribution in [0.5, 0.6) is 0 Å². The summed E-state index contributed by atoms with van der Waals surface area (Å²) in [4.78, 5) is 33.1. The van der Waals surface area contributed by atoms with Crippen LogP contribution in [0, 0.1) is 0 Å². The number of urea groups is 1. The van der Waals surface area contributed by atoms with E-state index in [1.54, 1.807) is 0 Å². The van der Waals surface area contributed by atoms with E-state index in [1.807, 2.05) is 0 Å². The normalized spacial score (nSPS) is 12.3. The maximum absolute atomic E-state index is 11.4. The minimum atomic E-state index is -3.21. The molecule has 0 saturated heterocycles. The molecule has 116 valence electrons. The van der Waals surface area contributed by atoms with E-state index in [0.717, 1.165) is 6.26 Å². The number of hydrogen-bond donors (Lipinski definition) is 3. The van der Waals surface area contributed by atoms with E-state index in [4.69, 9.17) is 5.11 Å². The molecule has 0 fully saturated rings. The van der Waals surface area contributed by atoms with E-state index in [-0.39, 0.29) is 25.1 Å². The van der Waals surface area contributed by atoms with Crippen LogP contribution in [0.2, 0.25) is 0 Å². The third-order valence-corrected chi connectivity index (χ3v) is 3.17. The molecule has 0 aromatic rings. The Labute approximate surface area is 116 Å². The number of rotatable bonds is 8. The van der Waals surface area contributed by atoms with Crippen molar-refractivity contribution in [3.05, 3.63) is 0 Å². The Morgan fingerprint density at radius 2 is 1.90 bits per heavy atom. The molecule has 2 amide bonds. The third kappa shape index (κ3) is 9.14. The third-order valence-electron chi connectivity index (χ3n) is 2.23. The van der Waals surface area contributed by atoms with Crippen LogP contribution >= 0.6 is 0 Å². The number of aliphatic carboxylic acids is 1. The Balaban J connectivity index is 4.21. The average Bonchev–Trinajstić information content (AvgIpc) is 2.31. The predicted molar refractivity (Wildman–Crippen MR) is 68.9 cm³/mol. The van der Waals surface area contributed by atoms with Gasteiger partial charge in [0.15, 0.2) is 0 Å². The minimum absolute atomic E-state index is 0.124. The summed E-state index contributed by atoms with van der Waals surface area (Å²) >= 11 is 0. The van der Waals surface area contributed by atoms with Crippen LogP contribution in [0.1, 0.15) is 12.8 Å². The number of methoxy groups -OCH3 is 1. The summed E-state index contributed by atoms with van der Waals surface area (Å²) in [6, 6.07) is -2.07. The number of esters is 1. The fraction of sp³-hybridized carbons (Fsp3) is 0.700. The van der Waals surface area contributed by atoms with Crippen molar-refractivity contribution in [3.8, 4) is 0 Å². The summed E-state index contributed by atoms with van der Waals surface area (Å²) in [5, 5.41) is 13.2. The Hall–Kier alpha value is -1.84. The zero-order valence-corrected chi connectivity index (χ0v) is 12.0. The van der Waals surface area contributed by atoms with Gasteiger partial charge in [-0.2, -0.15) is 0 Å². The van der Waals surface area contributed by atoms with E-state index >= 15 is 0 Å². The van der Waals surface area contributed by atoms with Crippen LogP contribution in [-0.2, 0) is 24.2 Å². The van der Waals surface area contributed by atoms with Gasteiger partial charge in [-0.3, -0.25) is 4.79 Å². The summed E-state index contributed by atoms with van der Waals surface area (Å²) in [7, 11) is -2.04. The van der Waals surface area contributed by atoms with Gasteiger partial charge >= 0.3 is 18.0 Å². The molecule has 0 aliphatic carbocycles. The molecule has 1 atom stereocenters. The molecule has 0 aromatic carbocycles. The number of hydrogen-bond acceptors (Lipinski definition) is 6. The second-order valence-corrected chi connectivity index (χ2v) is 6.30. The van der Waals surface area contributed by atoms with Crippen molar-refractivity contribution in [1.82, 2.24) is 10.6 Å². The summed E-state index contributed by atoms with van der Waals surface area (Å²) in [5.74, 6) is -2.14. The predicted octanol–water partition coefficient (Wildman–Crippen LogP) is -1.26. The van der Waals surface area contributed by atoms with Gasteiger partial charge < -0.3 is 20.5 Å². The second kappa shape index (κ2) is 8.35. The smallest absolute Gasteiger partial charge is 0.326 e. The first-order valence-corrected chi connectivity index (χ1v) is 7.73. The lowest BCUT2D eigenvalue weighted by Crippen LogP contribution is -2.47. The molecular weight excluding hydrogens is 292 g/mol. The monoisotopic (exact) mass is 310 g/mol. The Morgan fingerprint density at radius 1 is 1.30 bits per heavy atom. The van der Waals surface area contributed by atoms with Crippen LogP contribution < -0.4 is 10.6 Å². The molecule has 10 heteroatoms. The maximum Gasteiger partial charge on any atom is 0.326 e. The van der Waals surface area contributed by atoms with Crippen LogP contribution in [-0.4, -0.2) is 63.2 Å². The van der Waals surface area contributed by atoms with Crippen molar-refractivity contribution in [3.63, 3.8) is 0 Å². The van der Waals surface area contributed by atoms with Gasteiger partial charge in [0, 0.05) is 19.2 Å². The van der Waals surface area contributed by atoms with Gasteiger partial charge in [0.05, 0.1) is 12.9 Å². The molecule has 0 radical (unpaired) electrons. The molecule has 0 saturated carbocycles. The zero-order chi connectivity index (χ0) is 15.8. The van der Waals surface area contributed by atoms with Gasteiger partial charge in [-0.05, 0) is 6.42 Å². The molecule has 0 aliphatic rings. The standard InChI is InChI=1S/C10H18N2O7S/c1-19-8(13)4-3-7(9(14)15)12-10(16)11-5-6-20(2,17)18/h7H,3-6H2,1-2H3,(H,14,15)(H2,11,12,16)/t7-/m0/s1. The molecule has 0 aliphatic heterocycles. The lowest BCUT2D eigenvalue weighted by molar-refractivity contribution is -0.142. The highest BCUT2D eigenvalue weighted by molar-refractivity contribution is 7.90. The lowest BCUT2D eigenvalue weighted by atomic mass is 10.1. The topological polar surface area (TPSA) is 139 Å². The van der Waals surface area contributed by atoms with Gasteiger partial charge in [-0.15, -0.1) is 0 Å². The van der Waals surface area contributed by atoms with Crippen molar-refractivity contribution < 1.29 is 32.6 Å². The number of ether oxygens (including phenoxy) is 1. The van der Waals surface area contributed by atoms with E-state index < -0.39 is 33.8 Å². The highest BCUT2D eigenvalue weighted by Crippen LogP contribution is 1.99. The summed E-state index contributed by atoms with van der Waals surface area (Å²) < 4.78 is 26.0. The molecule has 20 heavy (non-hydrogen) atoms. The van der Waals surface area contributed by atoms with Crippen LogP contribution in [0.3, 0.4) is 0 Å². The number of amides is 2. The molecule has 0 spiro atoms. The summed E-state index contributed by atoms with van der Waals surface area (Å²) in [6.45, 7) is -0.131. The molecule has 0 bridgehead atoms. The van der Waals surface area contributed by atoms with Gasteiger partial charge in [-0.1, -0.05) is 0 Å². The SMILES string of the molecule is COC(=O)CC[C@H](NC(=O)NCCS(C)(=O)=O)C(=O)O. The molecule has 3 N–H and O–H groups in total. The van der Waals surface area contributed by atoms with Gasteiger partial charge in [0.2, 0.25) is 0 Å². The number of carbonyl (C=O) groups is 3. The number of carbonyl (C=O) groups excluding carboxylic acids is 2. The van der Waals surface area contributed by atoms with Gasteiger partial charge in [-0.25, -0.2) is 18.0 Å². The highest BCUT2D eigenvalue weighted by Gasteiger charge is 2.21. The second-order valence-electron chi connectivity index (χ2n) is 4.04. The molecule has 9 nitrogen and oxygen atoms in total. The Kier molecular flexibility index (Phi) is 7.59. The van der Waals surface area contributed by atoms with Crippen LogP contribution in [0.15, 0.2) is 0 Å². The first-order valence-electron chi connectivity index (χ1n) is 5.67. The van der Waals surface area contributed by atoms with Gasteiger partial charge in [0.25, 0.3) is 0 Å². The van der Waals surface area contributed by atoms with E-state index in [2.05, 4.69) is 15.4 Å². The molecule has 0 rings (SSSR count). The number of nitrogens with one attached hydrogen (secondary N) is 2.